The number of benzene rings is 10. The molecule has 1 aromatic heterocycles. The van der Waals surface area contributed by atoms with Crippen LogP contribution in [-0.2, 0) is 5.41 Å². The molecule has 12 rings (SSSR count). The van der Waals surface area contributed by atoms with Crippen molar-refractivity contribution in [2.45, 2.75) is 19.3 Å². The molecule has 1 aliphatic carbocycles. The third-order valence-corrected chi connectivity index (χ3v) is 12.6. The number of fused-ring (bicyclic) bond motifs is 11. The second-order valence-corrected chi connectivity index (χ2v) is 16.0. The predicted octanol–water partition coefficient (Wildman–Crippen LogP) is 15.5. The monoisotopic (exact) mass is 712 g/mol. The molecular formula is C55H36O. The van der Waals surface area contributed by atoms with Gasteiger partial charge in [0.2, 0.25) is 0 Å². The van der Waals surface area contributed by atoms with E-state index in [4.69, 9.17) is 4.42 Å². The van der Waals surface area contributed by atoms with E-state index in [1.54, 1.807) is 0 Å². The Kier molecular flexibility index (Phi) is 6.46. The van der Waals surface area contributed by atoms with Gasteiger partial charge in [0.1, 0.15) is 11.2 Å². The lowest BCUT2D eigenvalue weighted by molar-refractivity contribution is 0.658. The molecule has 0 radical (unpaired) electrons. The van der Waals surface area contributed by atoms with Crippen molar-refractivity contribution in [3.63, 3.8) is 0 Å². The van der Waals surface area contributed by atoms with Gasteiger partial charge in [0, 0.05) is 21.6 Å². The van der Waals surface area contributed by atoms with Gasteiger partial charge in [-0.05, 0) is 130 Å². The van der Waals surface area contributed by atoms with E-state index in [0.29, 0.717) is 0 Å². The lowest BCUT2D eigenvalue weighted by Crippen LogP contribution is -2.14. The average Bonchev–Trinajstić information content (AvgIpc) is 3.73. The lowest BCUT2D eigenvalue weighted by atomic mass is 9.81. The van der Waals surface area contributed by atoms with E-state index in [0.717, 1.165) is 16.6 Å². The Balaban J connectivity index is 1.05. The molecule has 1 heteroatoms. The van der Waals surface area contributed by atoms with Gasteiger partial charge < -0.3 is 4.42 Å². The maximum Gasteiger partial charge on any atom is 0.143 e. The summed E-state index contributed by atoms with van der Waals surface area (Å²) >= 11 is 0. The van der Waals surface area contributed by atoms with Crippen molar-refractivity contribution in [3.05, 3.63) is 193 Å². The number of rotatable bonds is 3. The van der Waals surface area contributed by atoms with Gasteiger partial charge in [-0.25, -0.2) is 0 Å². The first-order valence-corrected chi connectivity index (χ1v) is 19.6. The maximum atomic E-state index is 6.71. The summed E-state index contributed by atoms with van der Waals surface area (Å²) in [5, 5.41) is 12.3. The Morgan fingerprint density at radius 3 is 1.57 bits per heavy atom. The Morgan fingerprint density at radius 2 is 0.875 bits per heavy atom. The minimum atomic E-state index is -0.149. The van der Waals surface area contributed by atoms with Crippen molar-refractivity contribution in [3.8, 4) is 44.5 Å². The van der Waals surface area contributed by atoms with Crippen LogP contribution in [0.5, 0.6) is 0 Å². The predicted molar refractivity (Wildman–Crippen MR) is 238 cm³/mol. The first kappa shape index (κ1) is 31.4. The molecule has 0 bridgehead atoms. The molecular weight excluding hydrogens is 677 g/mol. The minimum Gasteiger partial charge on any atom is -0.455 e. The van der Waals surface area contributed by atoms with E-state index in [9.17, 15) is 0 Å². The molecule has 0 saturated heterocycles. The van der Waals surface area contributed by atoms with Crippen molar-refractivity contribution in [1.82, 2.24) is 0 Å². The summed E-state index contributed by atoms with van der Waals surface area (Å²) < 4.78 is 6.71. The molecule has 262 valence electrons. The largest absolute Gasteiger partial charge is 0.455 e. The molecule has 0 saturated carbocycles. The summed E-state index contributed by atoms with van der Waals surface area (Å²) in [5.74, 6) is 0. The van der Waals surface area contributed by atoms with Gasteiger partial charge in [0.15, 0.2) is 0 Å². The van der Waals surface area contributed by atoms with Gasteiger partial charge >= 0.3 is 0 Å². The standard InChI is InChI=1S/C55H36O/c1-55(2)49-27-25-39(30-46(49)47-32-51-48(31-50(47)55)45-26-24-34-14-6-7-15-40(34)54(45)56-51)53-43-18-10-8-16-41(43)52(42-17-9-11-19-44(42)53)38-23-22-36-28-35(20-21-37(36)29-38)33-12-4-3-5-13-33/h3-32H,1-2H3. The molecule has 0 unspecified atom stereocenters. The highest BCUT2D eigenvalue weighted by atomic mass is 16.3. The molecule has 0 spiro atoms. The van der Waals surface area contributed by atoms with Crippen LogP contribution in [0.15, 0.2) is 186 Å². The van der Waals surface area contributed by atoms with Crippen LogP contribution in [-0.4, -0.2) is 0 Å². The van der Waals surface area contributed by atoms with E-state index < -0.39 is 0 Å². The van der Waals surface area contributed by atoms with E-state index >= 15 is 0 Å². The number of hydrogen-bond donors (Lipinski definition) is 0. The van der Waals surface area contributed by atoms with Crippen LogP contribution < -0.4 is 0 Å². The molecule has 11 aromatic rings. The fourth-order valence-corrected chi connectivity index (χ4v) is 9.86. The fraction of sp³-hybridized carbons (Fsp3) is 0.0545. The SMILES string of the molecule is CC1(C)c2ccc(-c3c4ccccc4c(-c4ccc5cc(-c6ccccc6)ccc5c4)c4ccccc34)cc2-c2cc3oc4c5ccccc5ccc4c3cc21. The molecule has 0 N–H and O–H groups in total. The highest BCUT2D eigenvalue weighted by Crippen LogP contribution is 2.53. The van der Waals surface area contributed by atoms with E-state index in [1.165, 1.54) is 104 Å². The van der Waals surface area contributed by atoms with Gasteiger partial charge in [0.25, 0.3) is 0 Å². The Bertz CT molecular complexity index is 3380. The molecule has 0 amide bonds. The first-order valence-electron chi connectivity index (χ1n) is 19.6. The van der Waals surface area contributed by atoms with Gasteiger partial charge in [0.05, 0.1) is 0 Å². The van der Waals surface area contributed by atoms with Crippen LogP contribution in [0.2, 0.25) is 0 Å². The number of hydrogen-bond acceptors (Lipinski definition) is 1. The van der Waals surface area contributed by atoms with Gasteiger partial charge in [-0.3, -0.25) is 0 Å². The lowest BCUT2D eigenvalue weighted by Gasteiger charge is -2.22. The smallest absolute Gasteiger partial charge is 0.143 e. The summed E-state index contributed by atoms with van der Waals surface area (Å²) in [4.78, 5) is 0. The van der Waals surface area contributed by atoms with Crippen molar-refractivity contribution in [2.75, 3.05) is 0 Å². The molecule has 0 atom stereocenters. The average molecular weight is 713 g/mol. The fourth-order valence-electron chi connectivity index (χ4n) is 9.86. The van der Waals surface area contributed by atoms with Crippen LogP contribution in [0, 0.1) is 0 Å². The molecule has 0 fully saturated rings. The zero-order valence-electron chi connectivity index (χ0n) is 31.2. The topological polar surface area (TPSA) is 13.1 Å². The van der Waals surface area contributed by atoms with E-state index in [1.807, 2.05) is 0 Å². The van der Waals surface area contributed by atoms with Gasteiger partial charge in [-0.15, -0.1) is 0 Å². The Labute approximate surface area is 325 Å². The summed E-state index contributed by atoms with van der Waals surface area (Å²) in [6.45, 7) is 4.74. The zero-order chi connectivity index (χ0) is 37.1. The van der Waals surface area contributed by atoms with Crippen LogP contribution in [0.4, 0.5) is 0 Å². The summed E-state index contributed by atoms with van der Waals surface area (Å²) in [7, 11) is 0. The van der Waals surface area contributed by atoms with E-state index in [-0.39, 0.29) is 5.41 Å². The van der Waals surface area contributed by atoms with Gasteiger partial charge in [-0.2, -0.15) is 0 Å². The van der Waals surface area contributed by atoms with Gasteiger partial charge in [-0.1, -0.05) is 159 Å². The zero-order valence-corrected chi connectivity index (χ0v) is 31.2. The molecule has 56 heavy (non-hydrogen) atoms. The maximum absolute atomic E-state index is 6.71. The van der Waals surface area contributed by atoms with Crippen LogP contribution >= 0.6 is 0 Å². The molecule has 1 aliphatic rings. The summed E-state index contributed by atoms with van der Waals surface area (Å²) in [6.07, 6.45) is 0. The Hall–Kier alpha value is -6.96. The molecule has 1 nitrogen and oxygen atoms in total. The van der Waals surface area contributed by atoms with Crippen molar-refractivity contribution >= 4 is 65.0 Å². The minimum absolute atomic E-state index is 0.149. The highest BCUT2D eigenvalue weighted by molar-refractivity contribution is 6.22. The Morgan fingerprint density at radius 1 is 0.339 bits per heavy atom. The third-order valence-electron chi connectivity index (χ3n) is 12.6. The van der Waals surface area contributed by atoms with Crippen molar-refractivity contribution < 1.29 is 4.42 Å². The molecule has 0 aliphatic heterocycles. The third kappa shape index (κ3) is 4.43. The van der Waals surface area contributed by atoms with E-state index in [2.05, 4.69) is 196 Å². The second kappa shape index (κ2) is 11.5. The summed E-state index contributed by atoms with van der Waals surface area (Å²) in [5.41, 5.74) is 14.5. The highest BCUT2D eigenvalue weighted by Gasteiger charge is 2.37. The van der Waals surface area contributed by atoms with Crippen LogP contribution in [0.1, 0.15) is 25.0 Å². The number of furan rings is 1. The van der Waals surface area contributed by atoms with Crippen LogP contribution in [0.3, 0.4) is 0 Å². The van der Waals surface area contributed by atoms with Crippen LogP contribution in [0.25, 0.3) is 110 Å². The summed E-state index contributed by atoms with van der Waals surface area (Å²) in [6, 6.07) is 67.2. The molecule has 1 heterocycles. The van der Waals surface area contributed by atoms with Crippen molar-refractivity contribution in [1.29, 1.82) is 0 Å². The quantitative estimate of drug-likeness (QED) is 0.166. The first-order chi connectivity index (χ1) is 27.5. The van der Waals surface area contributed by atoms with Crippen molar-refractivity contribution in [2.24, 2.45) is 0 Å². The normalized spacial score (nSPS) is 13.3. The molecule has 10 aromatic carbocycles. The second-order valence-electron chi connectivity index (χ2n) is 16.0.